The van der Waals surface area contributed by atoms with Crippen LogP contribution < -0.4 is 10.6 Å². The number of carbonyl (C=O) groups excluding carboxylic acids is 4. The maximum atomic E-state index is 11.4. The van der Waals surface area contributed by atoms with Crippen LogP contribution in [0.25, 0.3) is 0 Å². The zero-order chi connectivity index (χ0) is 14.9. The Hall–Kier alpha value is -1.80. The molecule has 110 valence electrons. The van der Waals surface area contributed by atoms with Crippen LogP contribution in [0.2, 0.25) is 0 Å². The van der Waals surface area contributed by atoms with Gasteiger partial charge >= 0.3 is 0 Å². The fourth-order valence-electron chi connectivity index (χ4n) is 2.52. The molecule has 0 atom stereocenters. The molecule has 2 N–H and O–H groups in total. The van der Waals surface area contributed by atoms with Gasteiger partial charge < -0.3 is 0 Å². The Balaban J connectivity index is 2.02. The number of rotatable bonds is 3. The van der Waals surface area contributed by atoms with E-state index >= 15 is 0 Å². The van der Waals surface area contributed by atoms with Crippen molar-refractivity contribution in [3.8, 4) is 0 Å². The van der Waals surface area contributed by atoms with Crippen molar-refractivity contribution >= 4 is 23.6 Å². The number of amides is 4. The lowest BCUT2D eigenvalue weighted by Crippen LogP contribution is -2.63. The molecule has 0 spiro atoms. The van der Waals surface area contributed by atoms with E-state index in [0.717, 1.165) is 0 Å². The van der Waals surface area contributed by atoms with Crippen LogP contribution in [0.1, 0.15) is 13.8 Å². The van der Waals surface area contributed by atoms with Crippen LogP contribution in [0.5, 0.6) is 0 Å². The lowest BCUT2D eigenvalue weighted by atomic mass is 10.00. The van der Waals surface area contributed by atoms with Crippen LogP contribution in [0.4, 0.5) is 0 Å². The number of nitrogens with zero attached hydrogens (tertiary/aromatic N) is 2. The predicted molar refractivity (Wildman–Crippen MR) is 68.4 cm³/mol. The molecule has 2 aliphatic rings. The van der Waals surface area contributed by atoms with Gasteiger partial charge in [0.15, 0.2) is 0 Å². The molecule has 8 nitrogen and oxygen atoms in total. The number of hydrogen-bond acceptors (Lipinski definition) is 6. The largest absolute Gasteiger partial charge is 0.294 e. The minimum atomic E-state index is -0.495. The van der Waals surface area contributed by atoms with E-state index in [2.05, 4.69) is 10.6 Å². The third kappa shape index (κ3) is 3.40. The standard InChI is InChI=1S/C12H18N4O4/c1-12(2,16-5-10(19)14-11(20)6-16)7-15-3-8(17)13-9(18)4-15/h3-7H2,1-2H3,(H,13,17,18)(H,14,19,20). The summed E-state index contributed by atoms with van der Waals surface area (Å²) in [5, 5.41) is 4.49. The molecule has 2 fully saturated rings. The molecule has 2 saturated heterocycles. The van der Waals surface area contributed by atoms with Crippen LogP contribution in [0.3, 0.4) is 0 Å². The maximum Gasteiger partial charge on any atom is 0.240 e. The third-order valence-corrected chi connectivity index (χ3v) is 3.43. The van der Waals surface area contributed by atoms with Gasteiger partial charge in [0.05, 0.1) is 26.2 Å². The molecule has 0 aromatic heterocycles. The monoisotopic (exact) mass is 282 g/mol. The van der Waals surface area contributed by atoms with Gasteiger partial charge in [0, 0.05) is 12.1 Å². The second kappa shape index (κ2) is 5.29. The van der Waals surface area contributed by atoms with Gasteiger partial charge in [-0.2, -0.15) is 0 Å². The Morgan fingerprint density at radius 2 is 1.25 bits per heavy atom. The summed E-state index contributed by atoms with van der Waals surface area (Å²) < 4.78 is 0. The Morgan fingerprint density at radius 3 is 1.70 bits per heavy atom. The summed E-state index contributed by atoms with van der Waals surface area (Å²) in [5.41, 5.74) is -0.495. The number of piperazine rings is 2. The smallest absolute Gasteiger partial charge is 0.240 e. The Kier molecular flexibility index (Phi) is 3.87. The molecule has 8 heteroatoms. The van der Waals surface area contributed by atoms with Crippen molar-refractivity contribution in [1.29, 1.82) is 0 Å². The quantitative estimate of drug-likeness (QED) is 0.564. The first-order valence-corrected chi connectivity index (χ1v) is 6.39. The summed E-state index contributed by atoms with van der Waals surface area (Å²) in [7, 11) is 0. The Morgan fingerprint density at radius 1 is 0.850 bits per heavy atom. The van der Waals surface area contributed by atoms with Crippen LogP contribution >= 0.6 is 0 Å². The van der Waals surface area contributed by atoms with Crippen molar-refractivity contribution in [1.82, 2.24) is 20.4 Å². The van der Waals surface area contributed by atoms with Gasteiger partial charge in [0.25, 0.3) is 0 Å². The average Bonchev–Trinajstić information content (AvgIpc) is 2.25. The molecule has 0 unspecified atom stereocenters. The average molecular weight is 282 g/mol. The van der Waals surface area contributed by atoms with E-state index < -0.39 is 5.54 Å². The fourth-order valence-corrected chi connectivity index (χ4v) is 2.52. The van der Waals surface area contributed by atoms with E-state index in [9.17, 15) is 19.2 Å². The minimum Gasteiger partial charge on any atom is -0.294 e. The molecule has 0 aliphatic carbocycles. The van der Waals surface area contributed by atoms with E-state index in [1.807, 2.05) is 13.8 Å². The molecule has 2 heterocycles. The second-order valence-electron chi connectivity index (χ2n) is 5.76. The number of nitrogens with one attached hydrogen (secondary N) is 2. The zero-order valence-corrected chi connectivity index (χ0v) is 11.6. The minimum absolute atomic E-state index is 0.132. The highest BCUT2D eigenvalue weighted by Gasteiger charge is 2.36. The van der Waals surface area contributed by atoms with Crippen LogP contribution in [-0.4, -0.2) is 71.7 Å². The number of carbonyl (C=O) groups is 4. The van der Waals surface area contributed by atoms with E-state index in [0.29, 0.717) is 6.54 Å². The number of imide groups is 2. The highest BCUT2D eigenvalue weighted by molar-refractivity contribution is 6.00. The first-order valence-electron chi connectivity index (χ1n) is 6.39. The highest BCUT2D eigenvalue weighted by atomic mass is 16.2. The van der Waals surface area contributed by atoms with Crippen molar-refractivity contribution in [2.24, 2.45) is 0 Å². The summed E-state index contributed by atoms with van der Waals surface area (Å²) >= 11 is 0. The van der Waals surface area contributed by atoms with Gasteiger partial charge in [0.2, 0.25) is 23.6 Å². The van der Waals surface area contributed by atoms with Gasteiger partial charge in [0.1, 0.15) is 0 Å². The first kappa shape index (κ1) is 14.6. The van der Waals surface area contributed by atoms with Crippen molar-refractivity contribution in [3.05, 3.63) is 0 Å². The summed E-state index contributed by atoms with van der Waals surface area (Å²) in [6, 6.07) is 0. The molecule has 0 aromatic rings. The topological polar surface area (TPSA) is 98.8 Å². The van der Waals surface area contributed by atoms with Crippen molar-refractivity contribution in [3.63, 3.8) is 0 Å². The van der Waals surface area contributed by atoms with Crippen LogP contribution in [0, 0.1) is 0 Å². The number of hydrogen-bond donors (Lipinski definition) is 2. The normalized spacial score (nSPS) is 22.7. The lowest BCUT2D eigenvalue weighted by Gasteiger charge is -2.42. The van der Waals surface area contributed by atoms with Gasteiger partial charge in [-0.1, -0.05) is 0 Å². The summed E-state index contributed by atoms with van der Waals surface area (Å²) in [5.74, 6) is -1.32. The van der Waals surface area contributed by atoms with Gasteiger partial charge in [-0.25, -0.2) is 0 Å². The summed E-state index contributed by atoms with van der Waals surface area (Å²) in [6.07, 6.45) is 0. The lowest BCUT2D eigenvalue weighted by molar-refractivity contribution is -0.142. The van der Waals surface area contributed by atoms with E-state index in [1.54, 1.807) is 9.80 Å². The van der Waals surface area contributed by atoms with Crippen molar-refractivity contribution in [2.45, 2.75) is 19.4 Å². The molecular formula is C12H18N4O4. The van der Waals surface area contributed by atoms with E-state index in [4.69, 9.17) is 0 Å². The van der Waals surface area contributed by atoms with E-state index in [1.165, 1.54) is 0 Å². The summed E-state index contributed by atoms with van der Waals surface area (Å²) in [6.45, 7) is 4.74. The summed E-state index contributed by atoms with van der Waals surface area (Å²) in [4.78, 5) is 49.0. The SMILES string of the molecule is CC(C)(CN1CC(=O)NC(=O)C1)N1CC(=O)NC(=O)C1. The maximum absolute atomic E-state index is 11.4. The Bertz CT molecular complexity index is 442. The molecular weight excluding hydrogens is 264 g/mol. The van der Waals surface area contributed by atoms with E-state index in [-0.39, 0.29) is 49.8 Å². The first-order chi connectivity index (χ1) is 9.26. The molecule has 0 aromatic carbocycles. The van der Waals surface area contributed by atoms with Gasteiger partial charge in [-0.05, 0) is 13.8 Å². The van der Waals surface area contributed by atoms with Crippen molar-refractivity contribution < 1.29 is 19.2 Å². The highest BCUT2D eigenvalue weighted by Crippen LogP contribution is 2.17. The molecule has 2 aliphatic heterocycles. The molecule has 0 bridgehead atoms. The molecule has 2 rings (SSSR count). The van der Waals surface area contributed by atoms with Crippen LogP contribution in [-0.2, 0) is 19.2 Å². The zero-order valence-electron chi connectivity index (χ0n) is 11.6. The molecule has 0 saturated carbocycles. The predicted octanol–water partition coefficient (Wildman–Crippen LogP) is -2.32. The van der Waals surface area contributed by atoms with Gasteiger partial charge in [-0.3, -0.25) is 39.6 Å². The third-order valence-electron chi connectivity index (χ3n) is 3.43. The Labute approximate surface area is 116 Å². The van der Waals surface area contributed by atoms with Gasteiger partial charge in [-0.15, -0.1) is 0 Å². The fraction of sp³-hybridized carbons (Fsp3) is 0.667. The second-order valence-corrected chi connectivity index (χ2v) is 5.76. The van der Waals surface area contributed by atoms with Crippen LogP contribution in [0.15, 0.2) is 0 Å². The molecule has 0 radical (unpaired) electrons. The molecule has 20 heavy (non-hydrogen) atoms. The molecule has 4 amide bonds. The van der Waals surface area contributed by atoms with Crippen molar-refractivity contribution in [2.75, 3.05) is 32.7 Å².